The third kappa shape index (κ3) is 1.42. The average Bonchev–Trinajstić information content (AvgIpc) is 1.89. The highest BCUT2D eigenvalue weighted by Crippen LogP contribution is 2.13. The Hall–Kier alpha value is -0.573. The van der Waals surface area contributed by atoms with Crippen molar-refractivity contribution in [2.45, 2.75) is 19.3 Å². The van der Waals surface area contributed by atoms with Crippen LogP contribution >= 0.6 is 0 Å². The van der Waals surface area contributed by atoms with Crippen molar-refractivity contribution in [3.05, 3.63) is 11.8 Å². The van der Waals surface area contributed by atoms with Gasteiger partial charge in [0.15, 0.2) is 5.78 Å². The average molecular weight is 139 g/mol. The van der Waals surface area contributed by atoms with Gasteiger partial charge in [-0.05, 0) is 18.9 Å². The molecule has 0 atom stereocenters. The first-order chi connectivity index (χ1) is 4.34. The first kappa shape index (κ1) is 6.55. The molecule has 0 aromatic rings. The maximum atomic E-state index is 10.8. The molecule has 47 valence electrons. The van der Waals surface area contributed by atoms with E-state index in [4.69, 9.17) is 0 Å². The van der Waals surface area contributed by atoms with E-state index < -0.39 is 0 Å². The third-order valence-electron chi connectivity index (χ3n) is 1.32. The molecule has 0 amide bonds. The standard InChI is InChI=1S/C6H7O2Si/c7-5-3-1-2-4-6(5)8-9/h4H,1-3H2. The van der Waals surface area contributed by atoms with Crippen LogP contribution in [0.25, 0.3) is 0 Å². The number of hydrogen-bond donors (Lipinski definition) is 0. The smallest absolute Gasteiger partial charge is 0.341 e. The Morgan fingerprint density at radius 1 is 1.67 bits per heavy atom. The zero-order valence-electron chi connectivity index (χ0n) is 5.02. The van der Waals surface area contributed by atoms with E-state index >= 15 is 0 Å². The molecular weight excluding hydrogens is 132 g/mol. The van der Waals surface area contributed by atoms with E-state index in [-0.39, 0.29) is 5.78 Å². The Morgan fingerprint density at radius 3 is 2.89 bits per heavy atom. The summed E-state index contributed by atoms with van der Waals surface area (Å²) >= 11 is 0. The van der Waals surface area contributed by atoms with E-state index in [1.807, 2.05) is 0 Å². The molecule has 1 rings (SSSR count). The Morgan fingerprint density at radius 2 is 2.44 bits per heavy atom. The van der Waals surface area contributed by atoms with Crippen LogP contribution in [0.2, 0.25) is 0 Å². The molecule has 0 unspecified atom stereocenters. The molecule has 0 spiro atoms. The van der Waals surface area contributed by atoms with Gasteiger partial charge in [-0.1, -0.05) is 0 Å². The van der Waals surface area contributed by atoms with Crippen LogP contribution in [0, 0.1) is 0 Å². The quantitative estimate of drug-likeness (QED) is 0.500. The molecule has 1 aliphatic carbocycles. The molecular formula is C6H7O2Si. The SMILES string of the molecule is O=C1CCCC=C1O[Si]. The van der Waals surface area contributed by atoms with Gasteiger partial charge in [-0.2, -0.15) is 0 Å². The molecule has 1 aliphatic rings. The van der Waals surface area contributed by atoms with E-state index in [0.29, 0.717) is 12.2 Å². The number of allylic oxidation sites excluding steroid dienone is 2. The number of carbonyl (C=O) groups is 1. The van der Waals surface area contributed by atoms with Gasteiger partial charge in [-0.15, -0.1) is 0 Å². The minimum absolute atomic E-state index is 0.0938. The highest BCUT2D eigenvalue weighted by atomic mass is 28.2. The molecule has 3 radical (unpaired) electrons. The number of hydrogen-bond acceptors (Lipinski definition) is 2. The van der Waals surface area contributed by atoms with E-state index in [9.17, 15) is 4.79 Å². The van der Waals surface area contributed by atoms with E-state index in [1.165, 1.54) is 0 Å². The molecule has 0 bridgehead atoms. The van der Waals surface area contributed by atoms with Gasteiger partial charge in [-0.3, -0.25) is 4.79 Å². The molecule has 0 heterocycles. The molecule has 0 aromatic carbocycles. The molecule has 0 saturated heterocycles. The Bertz CT molecular complexity index is 151. The monoisotopic (exact) mass is 139 g/mol. The van der Waals surface area contributed by atoms with Crippen molar-refractivity contribution in [2.24, 2.45) is 0 Å². The third-order valence-corrected chi connectivity index (χ3v) is 1.54. The minimum Gasteiger partial charge on any atom is -0.538 e. The van der Waals surface area contributed by atoms with Crippen LogP contribution in [0.5, 0.6) is 0 Å². The minimum atomic E-state index is 0.0938. The van der Waals surface area contributed by atoms with Crippen LogP contribution in [0.1, 0.15) is 19.3 Å². The van der Waals surface area contributed by atoms with Gasteiger partial charge in [0.2, 0.25) is 0 Å². The van der Waals surface area contributed by atoms with Crippen molar-refractivity contribution in [3.8, 4) is 0 Å². The number of carbonyl (C=O) groups excluding carboxylic acids is 1. The maximum absolute atomic E-state index is 10.8. The van der Waals surface area contributed by atoms with Crippen LogP contribution in [0.3, 0.4) is 0 Å². The Kier molecular flexibility index (Phi) is 2.05. The first-order valence-corrected chi connectivity index (χ1v) is 3.32. The number of ketones is 1. The molecule has 0 fully saturated rings. The van der Waals surface area contributed by atoms with Crippen molar-refractivity contribution in [1.82, 2.24) is 0 Å². The second-order valence-electron chi connectivity index (χ2n) is 1.99. The fourth-order valence-electron chi connectivity index (χ4n) is 0.831. The topological polar surface area (TPSA) is 26.3 Å². The van der Waals surface area contributed by atoms with Gasteiger partial charge in [0.25, 0.3) is 0 Å². The summed E-state index contributed by atoms with van der Waals surface area (Å²) in [6, 6.07) is 0. The maximum Gasteiger partial charge on any atom is 0.341 e. The predicted octanol–water partition coefficient (Wildman–Crippen LogP) is 0.723. The summed E-state index contributed by atoms with van der Waals surface area (Å²) in [7, 11) is 2.81. The van der Waals surface area contributed by atoms with Gasteiger partial charge in [-0.25, -0.2) is 0 Å². The van der Waals surface area contributed by atoms with Gasteiger partial charge in [0.05, 0.1) is 0 Å². The van der Waals surface area contributed by atoms with Crippen molar-refractivity contribution in [3.63, 3.8) is 0 Å². The zero-order valence-corrected chi connectivity index (χ0v) is 6.02. The highest BCUT2D eigenvalue weighted by molar-refractivity contribution is 6.04. The zero-order chi connectivity index (χ0) is 6.69. The summed E-state index contributed by atoms with van der Waals surface area (Å²) in [4.78, 5) is 10.8. The molecule has 0 saturated carbocycles. The molecule has 2 nitrogen and oxygen atoms in total. The lowest BCUT2D eigenvalue weighted by atomic mass is 10.1. The molecule has 0 aliphatic heterocycles. The fourth-order valence-corrected chi connectivity index (χ4v) is 1.03. The largest absolute Gasteiger partial charge is 0.538 e. The van der Waals surface area contributed by atoms with Crippen LogP contribution < -0.4 is 0 Å². The first-order valence-electron chi connectivity index (χ1n) is 2.91. The van der Waals surface area contributed by atoms with Gasteiger partial charge < -0.3 is 4.43 Å². The van der Waals surface area contributed by atoms with Gasteiger partial charge in [0.1, 0.15) is 5.76 Å². The summed E-state index contributed by atoms with van der Waals surface area (Å²) < 4.78 is 4.62. The van der Waals surface area contributed by atoms with Crippen LogP contribution in [-0.2, 0) is 9.22 Å². The van der Waals surface area contributed by atoms with Crippen molar-refractivity contribution >= 4 is 16.3 Å². The lowest BCUT2D eigenvalue weighted by molar-refractivity contribution is -0.118. The van der Waals surface area contributed by atoms with Gasteiger partial charge >= 0.3 is 10.5 Å². The van der Waals surface area contributed by atoms with E-state index in [1.54, 1.807) is 6.08 Å². The molecule has 0 aromatic heterocycles. The van der Waals surface area contributed by atoms with E-state index in [2.05, 4.69) is 14.9 Å². The summed E-state index contributed by atoms with van der Waals surface area (Å²) in [5.74, 6) is 0.550. The second kappa shape index (κ2) is 2.82. The summed E-state index contributed by atoms with van der Waals surface area (Å²) in [6.45, 7) is 0. The highest BCUT2D eigenvalue weighted by Gasteiger charge is 2.12. The van der Waals surface area contributed by atoms with Crippen molar-refractivity contribution in [1.29, 1.82) is 0 Å². The molecule has 3 heteroatoms. The van der Waals surface area contributed by atoms with Crippen LogP contribution in [0.15, 0.2) is 11.8 Å². The fraction of sp³-hybridized carbons (Fsp3) is 0.500. The Labute approximate surface area is 57.4 Å². The second-order valence-corrected chi connectivity index (χ2v) is 2.19. The molecule has 0 N–H and O–H groups in total. The lowest BCUT2D eigenvalue weighted by Gasteiger charge is -2.08. The lowest BCUT2D eigenvalue weighted by Crippen LogP contribution is -2.08. The summed E-state index contributed by atoms with van der Waals surface area (Å²) in [5, 5.41) is 0. The number of rotatable bonds is 1. The summed E-state index contributed by atoms with van der Waals surface area (Å²) in [5.41, 5.74) is 0. The molecule has 9 heavy (non-hydrogen) atoms. The van der Waals surface area contributed by atoms with E-state index in [0.717, 1.165) is 12.8 Å². The summed E-state index contributed by atoms with van der Waals surface area (Å²) in [6.07, 6.45) is 4.33. The van der Waals surface area contributed by atoms with Crippen molar-refractivity contribution < 1.29 is 9.22 Å². The predicted molar refractivity (Wildman–Crippen MR) is 33.8 cm³/mol. The van der Waals surface area contributed by atoms with Crippen LogP contribution in [0.4, 0.5) is 0 Å². The number of Topliss-reactive ketones (excluding diaryl/α,β-unsaturated/α-hetero) is 1. The Balaban J connectivity index is 2.64. The van der Waals surface area contributed by atoms with Crippen molar-refractivity contribution in [2.75, 3.05) is 0 Å². The van der Waals surface area contributed by atoms with Crippen LogP contribution in [-0.4, -0.2) is 16.3 Å². The van der Waals surface area contributed by atoms with Gasteiger partial charge in [0, 0.05) is 6.42 Å². The normalized spacial score (nSPS) is 19.2.